The molecule has 0 saturated carbocycles. The summed E-state index contributed by atoms with van der Waals surface area (Å²) in [5, 5.41) is 2.88. The molecule has 310 valence electrons. The van der Waals surface area contributed by atoms with Crippen LogP contribution in [0.15, 0.2) is 0 Å². The number of hydrogen-bond donors (Lipinski definition) is 1. The Kier molecular flexibility index (Phi) is 43.7. The third kappa shape index (κ3) is 40.2. The van der Waals surface area contributed by atoms with E-state index < -0.39 is 5.91 Å². The fourth-order valence-electron chi connectivity index (χ4n) is 7.16. The van der Waals surface area contributed by atoms with E-state index in [1.807, 2.05) is 0 Å². The van der Waals surface area contributed by atoms with Crippen molar-refractivity contribution < 1.29 is 19.1 Å². The highest BCUT2D eigenvalue weighted by atomic mass is 16.5. The summed E-state index contributed by atoms with van der Waals surface area (Å²) in [6, 6.07) is 0. The van der Waals surface area contributed by atoms with E-state index in [0.717, 1.165) is 38.7 Å². The predicted octanol–water partition coefficient (Wildman–Crippen LogP) is 14.6. The number of unbranched alkanes of at least 4 members (excludes halogenated alkanes) is 33. The van der Waals surface area contributed by atoms with Crippen LogP contribution in [0.5, 0.6) is 0 Å². The van der Waals surface area contributed by atoms with Crippen LogP contribution >= 0.6 is 0 Å². The van der Waals surface area contributed by atoms with Gasteiger partial charge in [0.2, 0.25) is 5.78 Å². The second-order valence-electron chi connectivity index (χ2n) is 16.1. The molecule has 1 atom stereocenters. The van der Waals surface area contributed by atoms with Crippen molar-refractivity contribution in [3.05, 3.63) is 0 Å². The van der Waals surface area contributed by atoms with E-state index in [1.165, 1.54) is 199 Å². The molecule has 0 fully saturated rings. The van der Waals surface area contributed by atoms with Crippen molar-refractivity contribution in [1.82, 2.24) is 5.32 Å². The van der Waals surface area contributed by atoms with Crippen LogP contribution in [0.3, 0.4) is 0 Å². The Morgan fingerprint density at radius 3 is 1.08 bits per heavy atom. The minimum absolute atomic E-state index is 0.201. The number of amides is 1. The van der Waals surface area contributed by atoms with Gasteiger partial charge in [-0.15, -0.1) is 0 Å². The normalized spacial score (nSPS) is 12.1. The van der Waals surface area contributed by atoms with Gasteiger partial charge in [0, 0.05) is 26.2 Å². The summed E-state index contributed by atoms with van der Waals surface area (Å²) in [6.07, 6.45) is 47.1. The van der Waals surface area contributed by atoms with Crippen molar-refractivity contribution in [2.24, 2.45) is 0 Å². The zero-order valence-corrected chi connectivity index (χ0v) is 35.7. The van der Waals surface area contributed by atoms with Crippen molar-refractivity contribution in [3.63, 3.8) is 0 Å². The van der Waals surface area contributed by atoms with Gasteiger partial charge in [-0.05, 0) is 19.3 Å². The van der Waals surface area contributed by atoms with Gasteiger partial charge in [-0.25, -0.2) is 0 Å². The highest BCUT2D eigenvalue weighted by Gasteiger charge is 2.16. The van der Waals surface area contributed by atoms with Crippen molar-refractivity contribution >= 4 is 11.7 Å². The second-order valence-corrected chi connectivity index (χ2v) is 16.1. The average Bonchev–Trinajstić information content (AvgIpc) is 3.15. The smallest absolute Gasteiger partial charge is 0.287 e. The topological polar surface area (TPSA) is 64.6 Å². The first kappa shape index (κ1) is 51.1. The Hall–Kier alpha value is -0.940. The molecule has 0 bridgehead atoms. The molecule has 0 heterocycles. The van der Waals surface area contributed by atoms with Gasteiger partial charge < -0.3 is 14.8 Å². The van der Waals surface area contributed by atoms with Gasteiger partial charge in [0.15, 0.2) is 0 Å². The molecule has 0 aliphatic heterocycles. The van der Waals surface area contributed by atoms with Gasteiger partial charge in [0.25, 0.3) is 5.91 Å². The molecule has 1 amide bonds. The molecule has 1 N–H and O–H groups in total. The van der Waals surface area contributed by atoms with Crippen molar-refractivity contribution in [2.75, 3.05) is 26.4 Å². The highest BCUT2D eigenvalue weighted by molar-refractivity contribution is 6.36. The highest BCUT2D eigenvalue weighted by Crippen LogP contribution is 2.15. The van der Waals surface area contributed by atoms with Gasteiger partial charge in [0.1, 0.15) is 0 Å². The maximum absolute atomic E-state index is 12.6. The maximum Gasteiger partial charge on any atom is 0.287 e. The van der Waals surface area contributed by atoms with Crippen LogP contribution in [0.4, 0.5) is 0 Å². The lowest BCUT2D eigenvalue weighted by atomic mass is 10.0. The largest absolute Gasteiger partial charge is 0.379 e. The van der Waals surface area contributed by atoms with Crippen LogP contribution in [0.25, 0.3) is 0 Å². The van der Waals surface area contributed by atoms with E-state index in [0.29, 0.717) is 26.2 Å². The molecule has 0 unspecified atom stereocenters. The van der Waals surface area contributed by atoms with Crippen LogP contribution in [0.1, 0.15) is 258 Å². The quantitative estimate of drug-likeness (QED) is 0.0499. The minimum atomic E-state index is -0.456. The minimum Gasteiger partial charge on any atom is -0.379 e. The zero-order chi connectivity index (χ0) is 37.8. The number of ketones is 1. The number of rotatable bonds is 45. The molecule has 5 nitrogen and oxygen atoms in total. The number of nitrogens with one attached hydrogen (secondary N) is 1. The standard InChI is InChI=1S/C47H93NO4/c1-4-7-10-13-16-19-22-25-28-31-34-37-40-46(49)47(50)48-43-45(52-42-39-36-33-30-27-24-21-18-15-12-9-6-3)44-51-41-38-35-32-29-26-23-20-17-14-11-8-5-2/h45H,4-44H2,1-3H3,(H,48,50)/t45-/m0/s1. The van der Waals surface area contributed by atoms with Crippen LogP contribution in [0, 0.1) is 0 Å². The summed E-state index contributed by atoms with van der Waals surface area (Å²) < 4.78 is 12.2. The predicted molar refractivity (Wildman–Crippen MR) is 226 cm³/mol. The van der Waals surface area contributed by atoms with Crippen LogP contribution in [0.2, 0.25) is 0 Å². The lowest BCUT2D eigenvalue weighted by molar-refractivity contribution is -0.138. The Bertz CT molecular complexity index is 714. The van der Waals surface area contributed by atoms with Crippen molar-refractivity contribution in [2.45, 2.75) is 264 Å². The monoisotopic (exact) mass is 736 g/mol. The number of ether oxygens (including phenoxy) is 2. The molecule has 0 aromatic rings. The second kappa shape index (κ2) is 44.5. The van der Waals surface area contributed by atoms with Gasteiger partial charge in [0.05, 0.1) is 12.7 Å². The molecule has 5 heteroatoms. The lowest BCUT2D eigenvalue weighted by Gasteiger charge is -2.19. The first-order chi connectivity index (χ1) is 25.7. The Balaban J connectivity index is 4.17. The zero-order valence-electron chi connectivity index (χ0n) is 35.7. The SMILES string of the molecule is CCCCCCCCCCCCCCOC[C@H](CNC(=O)C(=O)CCCCCCCCCCCCCC)OCCCCCCCCCCCCCC. The van der Waals surface area contributed by atoms with E-state index in [9.17, 15) is 9.59 Å². The van der Waals surface area contributed by atoms with Crippen LogP contribution in [-0.4, -0.2) is 44.2 Å². The van der Waals surface area contributed by atoms with E-state index in [1.54, 1.807) is 0 Å². The van der Waals surface area contributed by atoms with Gasteiger partial charge in [-0.1, -0.05) is 233 Å². The van der Waals surface area contributed by atoms with E-state index in [4.69, 9.17) is 9.47 Å². The Morgan fingerprint density at radius 2 is 0.712 bits per heavy atom. The van der Waals surface area contributed by atoms with Crippen LogP contribution in [-0.2, 0) is 19.1 Å². The molecule has 0 spiro atoms. The Labute approximate surface area is 326 Å². The van der Waals surface area contributed by atoms with E-state index in [2.05, 4.69) is 26.1 Å². The maximum atomic E-state index is 12.6. The average molecular weight is 736 g/mol. The summed E-state index contributed by atoms with van der Waals surface area (Å²) in [6.45, 7) is 9.08. The first-order valence-corrected chi connectivity index (χ1v) is 23.7. The van der Waals surface area contributed by atoms with Gasteiger partial charge in [-0.3, -0.25) is 9.59 Å². The molecule has 0 aliphatic carbocycles. The van der Waals surface area contributed by atoms with Crippen molar-refractivity contribution in [3.8, 4) is 0 Å². The molecule has 0 radical (unpaired) electrons. The third-order valence-corrected chi connectivity index (χ3v) is 10.8. The summed E-state index contributed by atoms with van der Waals surface area (Å²) in [7, 11) is 0. The molecule has 0 aromatic heterocycles. The number of carbonyl (C=O) groups excluding carboxylic acids is 2. The first-order valence-electron chi connectivity index (χ1n) is 23.7. The summed E-state index contributed by atoms with van der Waals surface area (Å²) in [5.41, 5.74) is 0. The third-order valence-electron chi connectivity index (χ3n) is 10.8. The van der Waals surface area contributed by atoms with Crippen LogP contribution < -0.4 is 5.32 Å². The van der Waals surface area contributed by atoms with E-state index in [-0.39, 0.29) is 11.9 Å². The van der Waals surface area contributed by atoms with Crippen molar-refractivity contribution in [1.29, 1.82) is 0 Å². The molecule has 0 aromatic carbocycles. The summed E-state index contributed by atoms with van der Waals surface area (Å²) >= 11 is 0. The molecular formula is C47H93NO4. The Morgan fingerprint density at radius 1 is 0.404 bits per heavy atom. The van der Waals surface area contributed by atoms with Gasteiger partial charge >= 0.3 is 0 Å². The fourth-order valence-corrected chi connectivity index (χ4v) is 7.16. The molecule has 52 heavy (non-hydrogen) atoms. The van der Waals surface area contributed by atoms with Gasteiger partial charge in [-0.2, -0.15) is 0 Å². The van der Waals surface area contributed by atoms with E-state index >= 15 is 0 Å². The molecule has 0 rings (SSSR count). The molecule has 0 saturated heterocycles. The lowest BCUT2D eigenvalue weighted by Crippen LogP contribution is -2.39. The summed E-state index contributed by atoms with van der Waals surface area (Å²) in [5.74, 6) is -0.743. The molecular weight excluding hydrogens is 643 g/mol. The fraction of sp³-hybridized carbons (Fsp3) is 0.957. The number of Topliss-reactive ketones (excluding diaryl/α,β-unsaturated/α-hetero) is 1. The number of hydrogen-bond acceptors (Lipinski definition) is 4. The molecule has 0 aliphatic rings. The summed E-state index contributed by atoms with van der Waals surface area (Å²) in [4.78, 5) is 25.1. The number of carbonyl (C=O) groups is 2.